The Labute approximate surface area is 120 Å². The summed E-state index contributed by atoms with van der Waals surface area (Å²) < 4.78 is 15.7. The number of nitrogen functional groups attached to an aromatic ring is 1. The van der Waals surface area contributed by atoms with Crippen molar-refractivity contribution in [3.8, 4) is 0 Å². The minimum absolute atomic E-state index is 0.179. The molecule has 0 radical (unpaired) electrons. The summed E-state index contributed by atoms with van der Waals surface area (Å²) in [6.45, 7) is 0. The molecule has 1 heterocycles. The number of nitrogens with zero attached hydrogens (tertiary/aromatic N) is 4. The molecule has 3 rings (SSSR count). The fourth-order valence-corrected chi connectivity index (χ4v) is 3.43. The molecule has 0 aliphatic heterocycles. The van der Waals surface area contributed by atoms with Gasteiger partial charge in [-0.25, -0.2) is 9.07 Å². The fourth-order valence-electron chi connectivity index (χ4n) is 2.51. The standard InChI is InChI=1S/C13H16FN5S/c14-12-9(4-3-7-11(12)15)8-20-13-16-17-18-19(13)10-5-1-2-6-10/h3-4,7,10H,1-2,5-6,8,15H2. The first-order valence-electron chi connectivity index (χ1n) is 6.69. The maximum Gasteiger partial charge on any atom is 0.209 e. The van der Waals surface area contributed by atoms with Crippen molar-refractivity contribution < 1.29 is 4.39 Å². The van der Waals surface area contributed by atoms with Crippen LogP contribution in [0.1, 0.15) is 37.3 Å². The fraction of sp³-hybridized carbons (Fsp3) is 0.462. The van der Waals surface area contributed by atoms with Crippen molar-refractivity contribution in [2.24, 2.45) is 0 Å². The molecule has 1 saturated carbocycles. The first kappa shape index (κ1) is 13.4. The highest BCUT2D eigenvalue weighted by Crippen LogP contribution is 2.32. The number of tetrazole rings is 1. The second kappa shape index (κ2) is 5.78. The van der Waals surface area contributed by atoms with Crippen LogP contribution in [0, 0.1) is 5.82 Å². The van der Waals surface area contributed by atoms with Gasteiger partial charge in [0.25, 0.3) is 0 Å². The number of halogens is 1. The van der Waals surface area contributed by atoms with E-state index < -0.39 is 0 Å². The Morgan fingerprint density at radius 1 is 1.35 bits per heavy atom. The first-order valence-corrected chi connectivity index (χ1v) is 7.68. The Morgan fingerprint density at radius 3 is 2.95 bits per heavy atom. The highest BCUT2D eigenvalue weighted by molar-refractivity contribution is 7.98. The van der Waals surface area contributed by atoms with E-state index in [1.165, 1.54) is 24.6 Å². The highest BCUT2D eigenvalue weighted by Gasteiger charge is 2.21. The molecule has 0 amide bonds. The lowest BCUT2D eigenvalue weighted by molar-refractivity contribution is 0.423. The molecule has 0 unspecified atom stereocenters. The summed E-state index contributed by atoms with van der Waals surface area (Å²) in [6, 6.07) is 5.45. The van der Waals surface area contributed by atoms with Crippen molar-refractivity contribution in [2.75, 3.05) is 5.73 Å². The molecule has 106 valence electrons. The van der Waals surface area contributed by atoms with Gasteiger partial charge in [-0.2, -0.15) is 0 Å². The third kappa shape index (κ3) is 2.63. The Bertz CT molecular complexity index is 594. The monoisotopic (exact) mass is 293 g/mol. The van der Waals surface area contributed by atoms with Crippen molar-refractivity contribution in [2.45, 2.75) is 42.6 Å². The molecule has 1 aromatic heterocycles. The Morgan fingerprint density at radius 2 is 2.15 bits per heavy atom. The molecule has 1 fully saturated rings. The normalized spacial score (nSPS) is 15.8. The minimum atomic E-state index is -0.347. The maximum atomic E-state index is 13.8. The predicted octanol–water partition coefficient (Wildman–Crippen LogP) is 2.80. The molecule has 1 aliphatic carbocycles. The van der Waals surface area contributed by atoms with Gasteiger partial charge >= 0.3 is 0 Å². The summed E-state index contributed by atoms with van der Waals surface area (Å²) in [5.74, 6) is 0.129. The first-order chi connectivity index (χ1) is 9.75. The van der Waals surface area contributed by atoms with Gasteiger partial charge in [-0.05, 0) is 29.3 Å². The Hall–Kier alpha value is -1.63. The van der Waals surface area contributed by atoms with Crippen LogP contribution in [0.4, 0.5) is 10.1 Å². The molecule has 0 spiro atoms. The Kier molecular flexibility index (Phi) is 3.86. The topological polar surface area (TPSA) is 69.6 Å². The second-order valence-corrected chi connectivity index (χ2v) is 5.90. The van der Waals surface area contributed by atoms with Crippen LogP contribution in [-0.4, -0.2) is 20.2 Å². The molecule has 1 aromatic carbocycles. The van der Waals surface area contributed by atoms with Crippen LogP contribution in [0.2, 0.25) is 0 Å². The van der Waals surface area contributed by atoms with Crippen LogP contribution in [0.25, 0.3) is 0 Å². The van der Waals surface area contributed by atoms with Gasteiger partial charge < -0.3 is 5.73 Å². The van der Waals surface area contributed by atoms with E-state index in [9.17, 15) is 4.39 Å². The largest absolute Gasteiger partial charge is 0.396 e. The highest BCUT2D eigenvalue weighted by atomic mass is 32.2. The lowest BCUT2D eigenvalue weighted by Crippen LogP contribution is -2.08. The van der Waals surface area contributed by atoms with E-state index in [0.717, 1.165) is 18.0 Å². The van der Waals surface area contributed by atoms with E-state index in [1.54, 1.807) is 18.2 Å². The molecule has 2 aromatic rings. The number of hydrogen-bond donors (Lipinski definition) is 1. The summed E-state index contributed by atoms with van der Waals surface area (Å²) in [5, 5.41) is 12.6. The van der Waals surface area contributed by atoms with E-state index in [4.69, 9.17) is 5.73 Å². The van der Waals surface area contributed by atoms with Crippen molar-refractivity contribution in [3.05, 3.63) is 29.6 Å². The molecule has 2 N–H and O–H groups in total. The smallest absolute Gasteiger partial charge is 0.209 e. The molecular weight excluding hydrogens is 277 g/mol. The number of aromatic nitrogens is 4. The van der Waals surface area contributed by atoms with Gasteiger partial charge in [0.2, 0.25) is 5.16 Å². The molecule has 1 aliphatic rings. The van der Waals surface area contributed by atoms with E-state index in [1.807, 2.05) is 4.68 Å². The van der Waals surface area contributed by atoms with E-state index >= 15 is 0 Å². The number of hydrogen-bond acceptors (Lipinski definition) is 5. The lowest BCUT2D eigenvalue weighted by Gasteiger charge is -2.11. The van der Waals surface area contributed by atoms with E-state index in [-0.39, 0.29) is 11.5 Å². The molecule has 0 saturated heterocycles. The average molecular weight is 293 g/mol. The average Bonchev–Trinajstić information content (AvgIpc) is 3.10. The summed E-state index contributed by atoms with van der Waals surface area (Å²) in [6.07, 6.45) is 4.67. The molecule has 0 bridgehead atoms. The van der Waals surface area contributed by atoms with Gasteiger partial charge in [-0.15, -0.1) is 5.10 Å². The second-order valence-electron chi connectivity index (χ2n) is 4.95. The van der Waals surface area contributed by atoms with Crippen LogP contribution in [-0.2, 0) is 5.75 Å². The summed E-state index contributed by atoms with van der Waals surface area (Å²) >= 11 is 1.45. The van der Waals surface area contributed by atoms with Gasteiger partial charge in [-0.3, -0.25) is 0 Å². The zero-order chi connectivity index (χ0) is 13.9. The number of rotatable bonds is 4. The van der Waals surface area contributed by atoms with Gasteiger partial charge in [0, 0.05) is 11.3 Å². The number of nitrogens with two attached hydrogens (primary N) is 1. The molecule has 5 nitrogen and oxygen atoms in total. The molecule has 7 heteroatoms. The van der Waals surface area contributed by atoms with E-state index in [0.29, 0.717) is 17.4 Å². The number of benzene rings is 1. The van der Waals surface area contributed by atoms with Crippen LogP contribution in [0.3, 0.4) is 0 Å². The third-order valence-corrected chi connectivity index (χ3v) is 4.58. The summed E-state index contributed by atoms with van der Waals surface area (Å²) in [5.41, 5.74) is 6.33. The van der Waals surface area contributed by atoms with Gasteiger partial charge in [0.05, 0.1) is 11.7 Å². The lowest BCUT2D eigenvalue weighted by atomic mass is 10.2. The van der Waals surface area contributed by atoms with Crippen LogP contribution in [0.5, 0.6) is 0 Å². The maximum absolute atomic E-state index is 13.8. The Balaban J connectivity index is 1.72. The third-order valence-electron chi connectivity index (χ3n) is 3.60. The predicted molar refractivity (Wildman–Crippen MR) is 75.7 cm³/mol. The number of thioether (sulfide) groups is 1. The molecule has 0 atom stereocenters. The SMILES string of the molecule is Nc1cccc(CSc2nnnn2C2CCCC2)c1F. The van der Waals surface area contributed by atoms with E-state index in [2.05, 4.69) is 15.5 Å². The van der Waals surface area contributed by atoms with Crippen LogP contribution >= 0.6 is 11.8 Å². The van der Waals surface area contributed by atoms with Gasteiger partial charge in [-0.1, -0.05) is 36.7 Å². The molecule has 20 heavy (non-hydrogen) atoms. The quantitative estimate of drug-likeness (QED) is 0.693. The van der Waals surface area contributed by atoms with Crippen molar-refractivity contribution >= 4 is 17.4 Å². The van der Waals surface area contributed by atoms with Crippen molar-refractivity contribution in [1.29, 1.82) is 0 Å². The molecular formula is C13H16FN5S. The zero-order valence-electron chi connectivity index (χ0n) is 11.0. The minimum Gasteiger partial charge on any atom is -0.396 e. The summed E-state index contributed by atoms with van der Waals surface area (Å²) in [4.78, 5) is 0. The van der Waals surface area contributed by atoms with Crippen molar-refractivity contribution in [3.63, 3.8) is 0 Å². The van der Waals surface area contributed by atoms with Crippen molar-refractivity contribution in [1.82, 2.24) is 20.2 Å². The van der Waals surface area contributed by atoms with Gasteiger partial charge in [0.1, 0.15) is 5.82 Å². The summed E-state index contributed by atoms with van der Waals surface area (Å²) in [7, 11) is 0. The van der Waals surface area contributed by atoms with Crippen LogP contribution in [0.15, 0.2) is 23.4 Å². The number of anilines is 1. The zero-order valence-corrected chi connectivity index (χ0v) is 11.8. The van der Waals surface area contributed by atoms with Gasteiger partial charge in [0.15, 0.2) is 0 Å². The van der Waals surface area contributed by atoms with Crippen LogP contribution < -0.4 is 5.73 Å².